The average molecular weight is 128 g/mol. The number of allylic oxidation sites excluding steroid dienone is 1. The van der Waals surface area contributed by atoms with Gasteiger partial charge in [0.15, 0.2) is 0 Å². The molecule has 0 aromatic rings. The molecule has 3 heteroatoms. The monoisotopic (exact) mass is 128 g/mol. The molecular formula is C6H12N2O. The zero-order valence-corrected chi connectivity index (χ0v) is 5.77. The van der Waals surface area contributed by atoms with Gasteiger partial charge in [-0.1, -0.05) is 6.92 Å². The van der Waals surface area contributed by atoms with Crippen molar-refractivity contribution in [3.63, 3.8) is 0 Å². The van der Waals surface area contributed by atoms with Gasteiger partial charge in [0.1, 0.15) is 0 Å². The van der Waals surface area contributed by atoms with E-state index in [0.717, 1.165) is 12.1 Å². The van der Waals surface area contributed by atoms with Gasteiger partial charge in [-0.25, -0.2) is 0 Å². The van der Waals surface area contributed by atoms with Crippen LogP contribution in [-0.4, -0.2) is 13.5 Å². The topological polar surface area (TPSA) is 41.1 Å². The summed E-state index contributed by atoms with van der Waals surface area (Å²) < 4.78 is 0. The van der Waals surface area contributed by atoms with E-state index in [1.807, 2.05) is 6.92 Å². The van der Waals surface area contributed by atoms with E-state index in [4.69, 9.17) is 0 Å². The second-order valence-electron chi connectivity index (χ2n) is 1.57. The number of rotatable bonds is 4. The number of amides is 1. The lowest BCUT2D eigenvalue weighted by molar-refractivity contribution is -0.109. The van der Waals surface area contributed by atoms with E-state index in [-0.39, 0.29) is 0 Å². The molecule has 2 N–H and O–H groups in total. The van der Waals surface area contributed by atoms with Crippen LogP contribution in [0.2, 0.25) is 0 Å². The quantitative estimate of drug-likeness (QED) is 0.531. The van der Waals surface area contributed by atoms with Gasteiger partial charge in [0.2, 0.25) is 6.41 Å². The average Bonchev–Trinajstić information content (AvgIpc) is 1.88. The molecule has 0 spiro atoms. The molecule has 0 fully saturated rings. The van der Waals surface area contributed by atoms with Gasteiger partial charge in [0, 0.05) is 18.9 Å². The smallest absolute Gasteiger partial charge is 0.211 e. The van der Waals surface area contributed by atoms with Crippen LogP contribution in [0.5, 0.6) is 0 Å². The van der Waals surface area contributed by atoms with Crippen LogP contribution < -0.4 is 10.6 Å². The van der Waals surface area contributed by atoms with Gasteiger partial charge in [-0.05, 0) is 6.42 Å². The fraction of sp³-hybridized carbons (Fsp3) is 0.500. The lowest BCUT2D eigenvalue weighted by Gasteiger charge is -1.99. The highest BCUT2D eigenvalue weighted by molar-refractivity contribution is 5.49. The highest BCUT2D eigenvalue weighted by Gasteiger charge is 1.86. The van der Waals surface area contributed by atoms with Crippen molar-refractivity contribution in [3.8, 4) is 0 Å². The predicted octanol–water partition coefficient (Wildman–Crippen LogP) is 0.203. The first-order valence-electron chi connectivity index (χ1n) is 2.91. The Balaban J connectivity index is 3.65. The van der Waals surface area contributed by atoms with Crippen LogP contribution in [0.25, 0.3) is 0 Å². The van der Waals surface area contributed by atoms with Gasteiger partial charge in [0.25, 0.3) is 0 Å². The van der Waals surface area contributed by atoms with Crippen molar-refractivity contribution in [2.45, 2.75) is 13.3 Å². The molecule has 0 radical (unpaired) electrons. The molecule has 0 saturated heterocycles. The maximum Gasteiger partial charge on any atom is 0.211 e. The zero-order valence-electron chi connectivity index (χ0n) is 5.77. The van der Waals surface area contributed by atoms with Crippen LogP contribution in [0, 0.1) is 0 Å². The summed E-state index contributed by atoms with van der Waals surface area (Å²) in [5, 5.41) is 5.37. The molecule has 0 aromatic carbocycles. The Labute approximate surface area is 55.1 Å². The lowest BCUT2D eigenvalue weighted by Crippen LogP contribution is -2.12. The van der Waals surface area contributed by atoms with Crippen LogP contribution in [0.4, 0.5) is 0 Å². The van der Waals surface area contributed by atoms with E-state index < -0.39 is 0 Å². The minimum absolute atomic E-state index is 0.673. The minimum atomic E-state index is 0.673. The van der Waals surface area contributed by atoms with E-state index in [1.165, 1.54) is 0 Å². The Bertz CT molecular complexity index is 110. The maximum absolute atomic E-state index is 9.87. The van der Waals surface area contributed by atoms with Crippen molar-refractivity contribution in [1.82, 2.24) is 10.6 Å². The van der Waals surface area contributed by atoms with Gasteiger partial charge < -0.3 is 10.6 Å². The van der Waals surface area contributed by atoms with Gasteiger partial charge in [-0.3, -0.25) is 4.79 Å². The summed E-state index contributed by atoms with van der Waals surface area (Å²) in [6.45, 7) is 1.97. The summed E-state index contributed by atoms with van der Waals surface area (Å²) in [6.07, 6.45) is 3.26. The second-order valence-corrected chi connectivity index (χ2v) is 1.57. The van der Waals surface area contributed by atoms with Crippen LogP contribution in [-0.2, 0) is 4.79 Å². The Hall–Kier alpha value is -0.990. The molecule has 0 aliphatic carbocycles. The van der Waals surface area contributed by atoms with Crippen molar-refractivity contribution in [2.24, 2.45) is 0 Å². The maximum atomic E-state index is 9.87. The number of carbonyl (C=O) groups is 1. The van der Waals surface area contributed by atoms with Crippen LogP contribution in [0.1, 0.15) is 13.3 Å². The Morgan fingerprint density at radius 1 is 1.67 bits per heavy atom. The summed E-state index contributed by atoms with van der Waals surface area (Å²) >= 11 is 0. The Kier molecular flexibility index (Phi) is 4.59. The first-order chi connectivity index (χ1) is 4.35. The molecule has 3 nitrogen and oxygen atoms in total. The number of hydrogen-bond donors (Lipinski definition) is 2. The molecule has 0 aliphatic rings. The van der Waals surface area contributed by atoms with Crippen molar-refractivity contribution in [3.05, 3.63) is 11.9 Å². The van der Waals surface area contributed by atoms with Crippen molar-refractivity contribution in [2.75, 3.05) is 7.05 Å². The van der Waals surface area contributed by atoms with Gasteiger partial charge in [-0.15, -0.1) is 0 Å². The summed E-state index contributed by atoms with van der Waals surface area (Å²) in [5.41, 5.74) is 0.896. The molecule has 0 rings (SSSR count). The molecule has 52 valence electrons. The van der Waals surface area contributed by atoms with Crippen molar-refractivity contribution in [1.29, 1.82) is 0 Å². The van der Waals surface area contributed by atoms with Crippen molar-refractivity contribution < 1.29 is 4.79 Å². The molecular weight excluding hydrogens is 116 g/mol. The third-order valence-corrected chi connectivity index (χ3v) is 0.944. The predicted molar refractivity (Wildman–Crippen MR) is 36.6 cm³/mol. The molecule has 0 unspecified atom stereocenters. The van der Waals surface area contributed by atoms with Crippen LogP contribution in [0.3, 0.4) is 0 Å². The summed E-state index contributed by atoms with van der Waals surface area (Å²) in [5.74, 6) is 0. The van der Waals surface area contributed by atoms with Gasteiger partial charge in [0.05, 0.1) is 0 Å². The molecule has 0 aromatic heterocycles. The molecule has 0 aliphatic heterocycles. The zero-order chi connectivity index (χ0) is 7.11. The molecule has 0 atom stereocenters. The van der Waals surface area contributed by atoms with Crippen LogP contribution >= 0.6 is 0 Å². The first-order valence-corrected chi connectivity index (χ1v) is 2.91. The third kappa shape index (κ3) is 3.58. The first kappa shape index (κ1) is 8.01. The minimum Gasteiger partial charge on any atom is -0.393 e. The van der Waals surface area contributed by atoms with E-state index >= 15 is 0 Å². The largest absolute Gasteiger partial charge is 0.393 e. The molecule has 0 heterocycles. The number of carbonyl (C=O) groups excluding carboxylic acids is 1. The number of hydrogen-bond acceptors (Lipinski definition) is 2. The van der Waals surface area contributed by atoms with E-state index in [2.05, 4.69) is 10.6 Å². The lowest BCUT2D eigenvalue weighted by atomic mass is 10.4. The Morgan fingerprint density at radius 2 is 2.33 bits per heavy atom. The SMILES string of the molecule is CC/C(=C/NC)NC=O. The van der Waals surface area contributed by atoms with E-state index in [9.17, 15) is 4.79 Å². The Morgan fingerprint density at radius 3 is 2.67 bits per heavy atom. The second kappa shape index (κ2) is 5.15. The van der Waals surface area contributed by atoms with Crippen LogP contribution in [0.15, 0.2) is 11.9 Å². The normalized spacial score (nSPS) is 10.7. The summed E-state index contributed by atoms with van der Waals surface area (Å²) in [7, 11) is 1.79. The summed E-state index contributed by atoms with van der Waals surface area (Å²) in [6, 6.07) is 0. The highest BCUT2D eigenvalue weighted by atomic mass is 16.1. The van der Waals surface area contributed by atoms with Gasteiger partial charge >= 0.3 is 0 Å². The molecule has 0 bridgehead atoms. The number of nitrogens with one attached hydrogen (secondary N) is 2. The van der Waals surface area contributed by atoms with E-state index in [0.29, 0.717) is 6.41 Å². The fourth-order valence-electron chi connectivity index (χ4n) is 0.496. The van der Waals surface area contributed by atoms with Gasteiger partial charge in [-0.2, -0.15) is 0 Å². The molecule has 1 amide bonds. The summed E-state index contributed by atoms with van der Waals surface area (Å²) in [4.78, 5) is 9.87. The van der Waals surface area contributed by atoms with Crippen molar-refractivity contribution >= 4 is 6.41 Å². The molecule has 9 heavy (non-hydrogen) atoms. The highest BCUT2D eigenvalue weighted by Crippen LogP contribution is 1.89. The fourth-order valence-corrected chi connectivity index (χ4v) is 0.496. The molecule has 0 saturated carbocycles. The standard InChI is InChI=1S/C6H12N2O/c1-3-6(4-7-2)8-5-9/h4-5,7H,3H2,1-2H3,(H,8,9)/b6-4-. The third-order valence-electron chi connectivity index (χ3n) is 0.944. The van der Waals surface area contributed by atoms with E-state index in [1.54, 1.807) is 13.2 Å².